The Kier molecular flexibility index (Phi) is 8.51. The second-order valence-electron chi connectivity index (χ2n) is 7.79. The summed E-state index contributed by atoms with van der Waals surface area (Å²) >= 11 is 0. The van der Waals surface area contributed by atoms with Crippen LogP contribution in [0.3, 0.4) is 0 Å². The molecule has 2 aliphatic rings. The van der Waals surface area contributed by atoms with Crippen LogP contribution in [0.5, 0.6) is 5.75 Å². The van der Waals surface area contributed by atoms with E-state index in [-0.39, 0.29) is 24.0 Å². The second kappa shape index (κ2) is 10.4. The average molecular weight is 486 g/mol. The van der Waals surface area contributed by atoms with Gasteiger partial charge in [0.15, 0.2) is 5.96 Å². The number of benzene rings is 1. The Morgan fingerprint density at radius 2 is 2.07 bits per heavy atom. The Hall–Kier alpha value is -1.18. The van der Waals surface area contributed by atoms with Crippen molar-refractivity contribution in [1.29, 1.82) is 0 Å². The molecule has 0 aromatic heterocycles. The lowest BCUT2D eigenvalue weighted by Crippen LogP contribution is -2.47. The Bertz CT molecular complexity index is 612. The van der Waals surface area contributed by atoms with Crippen LogP contribution in [0.4, 0.5) is 5.69 Å². The van der Waals surface area contributed by atoms with E-state index in [0.29, 0.717) is 11.3 Å². The SMILES string of the molecule is CCC1(CNC(=NC)NCC2CCN(c3ccccc3OC)C2)CCC1.I. The lowest BCUT2D eigenvalue weighted by molar-refractivity contribution is 0.131. The number of aliphatic imine (C=N–C) groups is 1. The summed E-state index contributed by atoms with van der Waals surface area (Å²) in [5.74, 6) is 2.53. The molecule has 1 aliphatic heterocycles. The molecular weight excluding hydrogens is 451 g/mol. The maximum absolute atomic E-state index is 5.51. The van der Waals surface area contributed by atoms with E-state index in [2.05, 4.69) is 39.6 Å². The maximum Gasteiger partial charge on any atom is 0.191 e. The van der Waals surface area contributed by atoms with Crippen molar-refractivity contribution in [2.75, 3.05) is 45.2 Å². The fourth-order valence-corrected chi connectivity index (χ4v) is 4.17. The molecule has 27 heavy (non-hydrogen) atoms. The van der Waals surface area contributed by atoms with Crippen LogP contribution in [0.2, 0.25) is 0 Å². The first kappa shape index (κ1) is 22.1. The minimum absolute atomic E-state index is 0. The van der Waals surface area contributed by atoms with E-state index in [9.17, 15) is 0 Å². The zero-order chi connectivity index (χ0) is 18.4. The summed E-state index contributed by atoms with van der Waals surface area (Å²) in [6, 6.07) is 8.30. The predicted molar refractivity (Wildman–Crippen MR) is 125 cm³/mol. The quantitative estimate of drug-likeness (QED) is 0.349. The lowest BCUT2D eigenvalue weighted by atomic mass is 9.67. The molecule has 5 nitrogen and oxygen atoms in total. The highest BCUT2D eigenvalue weighted by molar-refractivity contribution is 14.0. The van der Waals surface area contributed by atoms with Crippen molar-refractivity contribution in [3.63, 3.8) is 0 Å². The number of halogens is 1. The summed E-state index contributed by atoms with van der Waals surface area (Å²) in [7, 11) is 3.61. The summed E-state index contributed by atoms with van der Waals surface area (Å²) in [5, 5.41) is 7.09. The van der Waals surface area contributed by atoms with Gasteiger partial charge in [0.25, 0.3) is 0 Å². The zero-order valence-electron chi connectivity index (χ0n) is 17.0. The molecule has 1 aromatic rings. The van der Waals surface area contributed by atoms with Crippen molar-refractivity contribution >= 4 is 35.6 Å². The molecule has 0 radical (unpaired) electrons. The maximum atomic E-state index is 5.51. The predicted octanol–water partition coefficient (Wildman–Crippen LogP) is 3.88. The standard InChI is InChI=1S/C21H34N4O.HI/c1-4-21(11-7-12-21)16-24-20(22-2)23-14-17-10-13-25(15-17)18-8-5-6-9-19(18)26-3;/h5-6,8-9,17H,4,7,10-16H2,1-3H3,(H2,22,23,24);1H. The van der Waals surface area contributed by atoms with E-state index < -0.39 is 0 Å². The topological polar surface area (TPSA) is 48.9 Å². The highest BCUT2D eigenvalue weighted by Gasteiger charge is 2.35. The first-order valence-electron chi connectivity index (χ1n) is 10.0. The van der Waals surface area contributed by atoms with Crippen molar-refractivity contribution in [2.24, 2.45) is 16.3 Å². The third-order valence-corrected chi connectivity index (χ3v) is 6.29. The van der Waals surface area contributed by atoms with Gasteiger partial charge in [-0.2, -0.15) is 0 Å². The van der Waals surface area contributed by atoms with Gasteiger partial charge in [0, 0.05) is 33.2 Å². The Labute approximate surface area is 181 Å². The molecule has 1 saturated carbocycles. The van der Waals surface area contributed by atoms with E-state index >= 15 is 0 Å². The normalized spacial score (nSPS) is 21.2. The van der Waals surface area contributed by atoms with Gasteiger partial charge in [0.2, 0.25) is 0 Å². The van der Waals surface area contributed by atoms with Crippen LogP contribution < -0.4 is 20.3 Å². The van der Waals surface area contributed by atoms with E-state index in [1.807, 2.05) is 19.2 Å². The van der Waals surface area contributed by atoms with E-state index in [4.69, 9.17) is 4.74 Å². The molecule has 1 unspecified atom stereocenters. The van der Waals surface area contributed by atoms with Crippen molar-refractivity contribution < 1.29 is 4.74 Å². The number of ether oxygens (including phenoxy) is 1. The summed E-state index contributed by atoms with van der Waals surface area (Å²) in [6.07, 6.45) is 6.53. The number of para-hydroxylation sites is 2. The number of rotatable bonds is 7. The summed E-state index contributed by atoms with van der Waals surface area (Å²) in [4.78, 5) is 6.84. The number of hydrogen-bond donors (Lipinski definition) is 2. The molecule has 0 bridgehead atoms. The fraction of sp³-hybridized carbons (Fsp3) is 0.667. The van der Waals surface area contributed by atoms with Gasteiger partial charge in [-0.3, -0.25) is 4.99 Å². The van der Waals surface area contributed by atoms with Crippen molar-refractivity contribution in [2.45, 2.75) is 39.0 Å². The number of nitrogens with zero attached hydrogens (tertiary/aromatic N) is 2. The molecule has 1 heterocycles. The highest BCUT2D eigenvalue weighted by Crippen LogP contribution is 2.43. The first-order chi connectivity index (χ1) is 12.7. The molecule has 1 aromatic carbocycles. The molecular formula is C21H35IN4O. The van der Waals surface area contributed by atoms with Crippen molar-refractivity contribution in [3.05, 3.63) is 24.3 Å². The Morgan fingerprint density at radius 3 is 2.70 bits per heavy atom. The van der Waals surface area contributed by atoms with Gasteiger partial charge in [-0.05, 0) is 49.1 Å². The molecule has 1 aliphatic carbocycles. The number of anilines is 1. The van der Waals surface area contributed by atoms with Gasteiger partial charge < -0.3 is 20.3 Å². The third-order valence-electron chi connectivity index (χ3n) is 6.29. The van der Waals surface area contributed by atoms with Gasteiger partial charge in [0.1, 0.15) is 5.75 Å². The molecule has 3 rings (SSSR count). The van der Waals surface area contributed by atoms with E-state index in [0.717, 1.165) is 37.9 Å². The first-order valence-corrected chi connectivity index (χ1v) is 10.0. The largest absolute Gasteiger partial charge is 0.495 e. The van der Waals surface area contributed by atoms with Crippen molar-refractivity contribution in [3.8, 4) is 5.75 Å². The monoisotopic (exact) mass is 486 g/mol. The molecule has 0 amide bonds. The van der Waals surface area contributed by atoms with E-state index in [1.165, 1.54) is 37.8 Å². The Balaban J connectivity index is 0.00000261. The van der Waals surface area contributed by atoms with Gasteiger partial charge in [0.05, 0.1) is 12.8 Å². The highest BCUT2D eigenvalue weighted by atomic mass is 127. The molecule has 1 saturated heterocycles. The second-order valence-corrected chi connectivity index (χ2v) is 7.79. The molecule has 6 heteroatoms. The van der Waals surface area contributed by atoms with Crippen LogP contribution in [-0.2, 0) is 0 Å². The van der Waals surface area contributed by atoms with Gasteiger partial charge in [-0.1, -0.05) is 25.5 Å². The number of methoxy groups -OCH3 is 1. The molecule has 1 atom stereocenters. The van der Waals surface area contributed by atoms with Crippen molar-refractivity contribution in [1.82, 2.24) is 10.6 Å². The van der Waals surface area contributed by atoms with Crippen LogP contribution in [-0.4, -0.2) is 46.3 Å². The molecule has 152 valence electrons. The summed E-state index contributed by atoms with van der Waals surface area (Å²) in [6.45, 7) is 6.45. The number of hydrogen-bond acceptors (Lipinski definition) is 3. The summed E-state index contributed by atoms with van der Waals surface area (Å²) in [5.41, 5.74) is 1.71. The Morgan fingerprint density at radius 1 is 1.30 bits per heavy atom. The molecule has 0 spiro atoms. The van der Waals surface area contributed by atoms with Crippen LogP contribution >= 0.6 is 24.0 Å². The zero-order valence-corrected chi connectivity index (χ0v) is 19.3. The smallest absolute Gasteiger partial charge is 0.191 e. The molecule has 2 fully saturated rings. The fourth-order valence-electron chi connectivity index (χ4n) is 4.17. The number of guanidine groups is 1. The van der Waals surface area contributed by atoms with Crippen LogP contribution in [0.1, 0.15) is 39.0 Å². The third kappa shape index (κ3) is 5.42. The van der Waals surface area contributed by atoms with Crippen LogP contribution in [0.25, 0.3) is 0 Å². The van der Waals surface area contributed by atoms with Gasteiger partial charge >= 0.3 is 0 Å². The summed E-state index contributed by atoms with van der Waals surface area (Å²) < 4.78 is 5.51. The van der Waals surface area contributed by atoms with E-state index in [1.54, 1.807) is 7.11 Å². The average Bonchev–Trinajstić information content (AvgIpc) is 3.12. The van der Waals surface area contributed by atoms with Crippen LogP contribution in [0, 0.1) is 11.3 Å². The van der Waals surface area contributed by atoms with Gasteiger partial charge in [-0.15, -0.1) is 24.0 Å². The lowest BCUT2D eigenvalue weighted by Gasteiger charge is -2.41. The minimum atomic E-state index is 0. The molecule has 2 N–H and O–H groups in total. The van der Waals surface area contributed by atoms with Crippen LogP contribution in [0.15, 0.2) is 29.3 Å². The minimum Gasteiger partial charge on any atom is -0.495 e. The van der Waals surface area contributed by atoms with Gasteiger partial charge in [-0.25, -0.2) is 0 Å². The number of nitrogens with one attached hydrogen (secondary N) is 2.